The zero-order valence-electron chi connectivity index (χ0n) is 16.3. The Hall–Kier alpha value is -2.05. The Balaban J connectivity index is 1.81. The number of aryl methyl sites for hydroxylation is 1. The molecule has 0 saturated carbocycles. The number of hydrogen-bond acceptors (Lipinski definition) is 4. The molecule has 0 aliphatic rings. The van der Waals surface area contributed by atoms with Crippen molar-refractivity contribution in [1.29, 1.82) is 0 Å². The third-order valence-electron chi connectivity index (χ3n) is 4.95. The van der Waals surface area contributed by atoms with Gasteiger partial charge in [-0.2, -0.15) is 0 Å². The predicted octanol–water partition coefficient (Wildman–Crippen LogP) is 4.65. The lowest BCUT2D eigenvalue weighted by Gasteiger charge is -2.16. The van der Waals surface area contributed by atoms with Gasteiger partial charge in [0.15, 0.2) is 0 Å². The highest BCUT2D eigenvalue weighted by Crippen LogP contribution is 2.29. The highest BCUT2D eigenvalue weighted by atomic mass is 32.1. The number of rotatable bonds is 7. The molecule has 0 saturated heterocycles. The molecule has 0 bridgehead atoms. The number of aromatic nitrogens is 2. The first-order valence-electron chi connectivity index (χ1n) is 9.31. The summed E-state index contributed by atoms with van der Waals surface area (Å²) in [6, 6.07) is 6.47. The molecule has 3 rings (SSSR count). The number of hydrogen-bond donors (Lipinski definition) is 1. The van der Waals surface area contributed by atoms with E-state index in [-0.39, 0.29) is 11.4 Å². The molecule has 0 amide bonds. The molecule has 1 atom stereocenters. The smallest absolute Gasteiger partial charge is 0.259 e. The van der Waals surface area contributed by atoms with Gasteiger partial charge in [-0.3, -0.25) is 9.69 Å². The molecule has 0 aliphatic heterocycles. The van der Waals surface area contributed by atoms with Crippen molar-refractivity contribution in [3.63, 3.8) is 0 Å². The Bertz CT molecular complexity index is 977. The Labute approximate surface area is 163 Å². The molecular weight excluding hydrogens is 361 g/mol. The summed E-state index contributed by atoms with van der Waals surface area (Å²) in [5.41, 5.74) is 2.11. The van der Waals surface area contributed by atoms with Gasteiger partial charge < -0.3 is 4.98 Å². The second-order valence-electron chi connectivity index (χ2n) is 7.35. The van der Waals surface area contributed by atoms with Crippen LogP contribution in [0.3, 0.4) is 0 Å². The van der Waals surface area contributed by atoms with Crippen LogP contribution in [-0.4, -0.2) is 21.9 Å². The molecule has 0 unspecified atom stereocenters. The van der Waals surface area contributed by atoms with Crippen LogP contribution in [0.2, 0.25) is 0 Å². The van der Waals surface area contributed by atoms with Crippen molar-refractivity contribution in [2.45, 2.75) is 46.7 Å². The minimum atomic E-state index is -0.237. The molecule has 2 aromatic heterocycles. The van der Waals surface area contributed by atoms with E-state index in [0.717, 1.165) is 34.2 Å². The summed E-state index contributed by atoms with van der Waals surface area (Å²) in [6.07, 6.45) is 2.01. The fourth-order valence-corrected chi connectivity index (χ4v) is 4.32. The number of halogens is 1. The summed E-state index contributed by atoms with van der Waals surface area (Å²) in [5, 5.41) is 0.753. The van der Waals surface area contributed by atoms with Gasteiger partial charge in [-0.05, 0) is 49.6 Å². The van der Waals surface area contributed by atoms with E-state index >= 15 is 0 Å². The predicted molar refractivity (Wildman–Crippen MR) is 110 cm³/mol. The summed E-state index contributed by atoms with van der Waals surface area (Å²) in [5.74, 6) is 0.968. The van der Waals surface area contributed by atoms with Crippen LogP contribution in [0.5, 0.6) is 0 Å². The summed E-state index contributed by atoms with van der Waals surface area (Å²) in [4.78, 5) is 24.5. The molecule has 0 aliphatic carbocycles. The third-order valence-corrected chi connectivity index (χ3v) is 5.99. The van der Waals surface area contributed by atoms with Crippen LogP contribution in [0.1, 0.15) is 42.1 Å². The lowest BCUT2D eigenvalue weighted by atomic mass is 9.98. The number of benzene rings is 1. The van der Waals surface area contributed by atoms with Gasteiger partial charge in [0.05, 0.1) is 11.9 Å². The van der Waals surface area contributed by atoms with E-state index in [2.05, 4.69) is 30.7 Å². The second-order valence-corrected chi connectivity index (χ2v) is 8.55. The molecule has 0 spiro atoms. The average Bonchev–Trinajstić information content (AvgIpc) is 2.92. The lowest BCUT2D eigenvalue weighted by Crippen LogP contribution is -2.22. The third kappa shape index (κ3) is 4.62. The average molecular weight is 388 g/mol. The molecule has 2 heterocycles. The van der Waals surface area contributed by atoms with Gasteiger partial charge in [0.1, 0.15) is 16.5 Å². The first-order valence-corrected chi connectivity index (χ1v) is 10.1. The van der Waals surface area contributed by atoms with Crippen molar-refractivity contribution in [1.82, 2.24) is 14.9 Å². The lowest BCUT2D eigenvalue weighted by molar-refractivity contribution is 0.310. The van der Waals surface area contributed by atoms with Crippen molar-refractivity contribution in [3.05, 3.63) is 62.3 Å². The molecule has 144 valence electrons. The number of nitrogens with one attached hydrogen (secondary N) is 1. The number of aromatic amines is 1. The Morgan fingerprint density at radius 1 is 1.26 bits per heavy atom. The van der Waals surface area contributed by atoms with Crippen molar-refractivity contribution in [2.75, 3.05) is 7.05 Å². The monoisotopic (exact) mass is 387 g/mol. The van der Waals surface area contributed by atoms with Crippen molar-refractivity contribution < 1.29 is 4.39 Å². The van der Waals surface area contributed by atoms with Gasteiger partial charge >= 0.3 is 0 Å². The zero-order valence-corrected chi connectivity index (χ0v) is 17.1. The number of thiophene rings is 1. The topological polar surface area (TPSA) is 49.0 Å². The van der Waals surface area contributed by atoms with Gasteiger partial charge in [0.25, 0.3) is 5.56 Å². The summed E-state index contributed by atoms with van der Waals surface area (Å²) < 4.78 is 13.0. The molecular formula is C21H26FN3OS. The van der Waals surface area contributed by atoms with Gasteiger partial charge in [-0.25, -0.2) is 9.37 Å². The van der Waals surface area contributed by atoms with Crippen LogP contribution < -0.4 is 5.56 Å². The highest BCUT2D eigenvalue weighted by Gasteiger charge is 2.17. The molecule has 6 heteroatoms. The zero-order chi connectivity index (χ0) is 19.6. The van der Waals surface area contributed by atoms with Gasteiger partial charge in [0.2, 0.25) is 0 Å². The molecule has 1 aromatic carbocycles. The van der Waals surface area contributed by atoms with E-state index in [9.17, 15) is 9.18 Å². The summed E-state index contributed by atoms with van der Waals surface area (Å²) in [6.45, 7) is 7.64. The van der Waals surface area contributed by atoms with Gasteiger partial charge in [-0.1, -0.05) is 32.4 Å². The molecule has 1 N–H and O–H groups in total. The van der Waals surface area contributed by atoms with E-state index < -0.39 is 0 Å². The fourth-order valence-electron chi connectivity index (χ4n) is 3.25. The number of nitrogens with zero attached hydrogens (tertiary/aromatic N) is 2. The van der Waals surface area contributed by atoms with Crippen LogP contribution in [0, 0.1) is 18.7 Å². The fraction of sp³-hybridized carbons (Fsp3) is 0.429. The Morgan fingerprint density at radius 3 is 2.63 bits per heavy atom. The largest absolute Gasteiger partial charge is 0.309 e. The van der Waals surface area contributed by atoms with Crippen molar-refractivity contribution in [3.8, 4) is 0 Å². The standard InChI is InChI=1S/C21H26FN3OS/c1-5-13(2)10-17-14(3)27-21-19(17)20(26)23-18(24-21)12-25(4)11-15-6-8-16(22)9-7-15/h6-9,13H,5,10-12H2,1-4H3,(H,23,24,26)/t13-/m0/s1. The van der Waals surface area contributed by atoms with Crippen LogP contribution in [0.15, 0.2) is 29.1 Å². The maximum atomic E-state index is 13.0. The Morgan fingerprint density at radius 2 is 1.96 bits per heavy atom. The highest BCUT2D eigenvalue weighted by molar-refractivity contribution is 7.18. The summed E-state index contributed by atoms with van der Waals surface area (Å²) in [7, 11) is 1.96. The number of fused-ring (bicyclic) bond motifs is 1. The maximum absolute atomic E-state index is 13.0. The minimum Gasteiger partial charge on any atom is -0.309 e. The van der Waals surface area contributed by atoms with Crippen LogP contribution in [-0.2, 0) is 19.5 Å². The van der Waals surface area contributed by atoms with Crippen LogP contribution >= 0.6 is 11.3 Å². The normalized spacial score (nSPS) is 12.8. The van der Waals surface area contributed by atoms with Crippen molar-refractivity contribution in [2.24, 2.45) is 5.92 Å². The first kappa shape index (κ1) is 19.7. The molecule has 27 heavy (non-hydrogen) atoms. The first-order chi connectivity index (χ1) is 12.9. The second kappa shape index (κ2) is 8.31. The number of H-pyrrole nitrogens is 1. The molecule has 0 fully saturated rings. The van der Waals surface area contributed by atoms with Gasteiger partial charge in [-0.15, -0.1) is 11.3 Å². The molecule has 0 radical (unpaired) electrons. The van der Waals surface area contributed by atoms with Crippen LogP contribution in [0.25, 0.3) is 10.2 Å². The SMILES string of the molecule is CC[C@H](C)Cc1c(C)sc2nc(CN(C)Cc3ccc(F)cc3)[nH]c(=O)c12. The van der Waals surface area contributed by atoms with E-state index in [1.807, 2.05) is 7.05 Å². The van der Waals surface area contributed by atoms with E-state index in [1.165, 1.54) is 17.0 Å². The van der Waals surface area contributed by atoms with Gasteiger partial charge in [0, 0.05) is 11.4 Å². The van der Waals surface area contributed by atoms with Crippen molar-refractivity contribution >= 4 is 21.6 Å². The summed E-state index contributed by atoms with van der Waals surface area (Å²) >= 11 is 1.60. The molecule has 3 aromatic rings. The maximum Gasteiger partial charge on any atom is 0.259 e. The Kier molecular flexibility index (Phi) is 6.07. The minimum absolute atomic E-state index is 0.0483. The quantitative estimate of drug-likeness (QED) is 0.642. The van der Waals surface area contributed by atoms with E-state index in [0.29, 0.717) is 24.8 Å². The van der Waals surface area contributed by atoms with E-state index in [1.54, 1.807) is 23.5 Å². The van der Waals surface area contributed by atoms with E-state index in [4.69, 9.17) is 4.98 Å². The van der Waals surface area contributed by atoms with Crippen LogP contribution in [0.4, 0.5) is 4.39 Å². The molecule has 4 nitrogen and oxygen atoms in total.